The molecule has 3 aromatic rings. The Balaban J connectivity index is 2.36. The molecule has 8 heteroatoms. The fraction of sp³-hybridized carbons (Fsp3) is 0.125. The molecule has 0 unspecified atom stereocenters. The molecule has 0 atom stereocenters. The maximum Gasteiger partial charge on any atom is 0.433 e. The van der Waals surface area contributed by atoms with E-state index >= 15 is 0 Å². The fourth-order valence-electron chi connectivity index (χ4n) is 2.52. The van der Waals surface area contributed by atoms with Crippen molar-refractivity contribution in [1.82, 2.24) is 0 Å². The van der Waals surface area contributed by atoms with E-state index in [4.69, 9.17) is 4.42 Å². The summed E-state index contributed by atoms with van der Waals surface area (Å²) in [6.07, 6.45) is 0.715. The van der Waals surface area contributed by atoms with Gasteiger partial charge in [-0.2, -0.15) is 4.73 Å². The van der Waals surface area contributed by atoms with Gasteiger partial charge in [-0.15, -0.1) is 0 Å². The summed E-state index contributed by atoms with van der Waals surface area (Å²) >= 11 is 0. The van der Waals surface area contributed by atoms with Gasteiger partial charge in [-0.25, -0.2) is 4.79 Å². The standard InChI is InChI=1S/C16H12N2O6/c1-2-9-3-4-12-10(7-9)11(8-13(16(19)20)17(12)21)14-5-6-15(24-14)18(22)23/h3-8H,2H2,1H3,(H,19,20). The van der Waals surface area contributed by atoms with E-state index in [1.54, 1.807) is 12.1 Å². The van der Waals surface area contributed by atoms with Gasteiger partial charge < -0.3 is 14.7 Å². The van der Waals surface area contributed by atoms with Crippen LogP contribution in [-0.2, 0) is 6.42 Å². The highest BCUT2D eigenvalue weighted by molar-refractivity contribution is 5.96. The number of nitro groups is 1. The average molecular weight is 328 g/mol. The minimum atomic E-state index is -1.39. The molecule has 2 heterocycles. The Bertz CT molecular complexity index is 976. The van der Waals surface area contributed by atoms with Gasteiger partial charge in [0.05, 0.1) is 11.5 Å². The van der Waals surface area contributed by atoms with E-state index in [2.05, 4.69) is 0 Å². The lowest BCUT2D eigenvalue weighted by atomic mass is 10.0. The normalized spacial score (nSPS) is 10.9. The summed E-state index contributed by atoms with van der Waals surface area (Å²) in [7, 11) is 0. The summed E-state index contributed by atoms with van der Waals surface area (Å²) in [5.74, 6) is -1.72. The predicted octanol–water partition coefficient (Wildman–Crippen LogP) is 2.90. The van der Waals surface area contributed by atoms with Gasteiger partial charge >= 0.3 is 17.5 Å². The third kappa shape index (κ3) is 2.43. The van der Waals surface area contributed by atoms with Crippen molar-refractivity contribution >= 4 is 22.8 Å². The van der Waals surface area contributed by atoms with Crippen LogP contribution in [-0.4, -0.2) is 16.0 Å². The summed E-state index contributed by atoms with van der Waals surface area (Å²) in [5, 5.41) is 32.8. The lowest BCUT2D eigenvalue weighted by Gasteiger charge is -2.09. The minimum absolute atomic E-state index is 0.128. The molecule has 0 spiro atoms. The Morgan fingerprint density at radius 1 is 1.29 bits per heavy atom. The number of aromatic carboxylic acids is 1. The fourth-order valence-corrected chi connectivity index (χ4v) is 2.52. The van der Waals surface area contributed by atoms with Crippen LogP contribution >= 0.6 is 0 Å². The minimum Gasteiger partial charge on any atom is -0.618 e. The molecule has 0 aliphatic carbocycles. The van der Waals surface area contributed by atoms with Crippen LogP contribution in [0.4, 0.5) is 5.88 Å². The van der Waals surface area contributed by atoms with Crippen LogP contribution in [0.25, 0.3) is 22.2 Å². The van der Waals surface area contributed by atoms with Crippen LogP contribution < -0.4 is 4.73 Å². The number of carboxylic acids is 1. The van der Waals surface area contributed by atoms with Crippen molar-refractivity contribution in [3.63, 3.8) is 0 Å². The number of hydrogen-bond acceptors (Lipinski definition) is 5. The molecule has 0 fully saturated rings. The summed E-state index contributed by atoms with van der Waals surface area (Å²) in [5.41, 5.74) is 0.924. The lowest BCUT2D eigenvalue weighted by Crippen LogP contribution is -2.35. The Morgan fingerprint density at radius 2 is 2.04 bits per heavy atom. The highest BCUT2D eigenvalue weighted by atomic mass is 16.6. The van der Waals surface area contributed by atoms with Crippen LogP contribution in [0.2, 0.25) is 0 Å². The number of benzene rings is 1. The number of nitrogens with zero attached hydrogens (tertiary/aromatic N) is 2. The Hall–Kier alpha value is -3.42. The van der Waals surface area contributed by atoms with Crippen molar-refractivity contribution in [3.8, 4) is 11.3 Å². The first-order chi connectivity index (χ1) is 11.4. The summed E-state index contributed by atoms with van der Waals surface area (Å²) < 4.78 is 5.52. The zero-order valence-corrected chi connectivity index (χ0v) is 12.6. The van der Waals surface area contributed by atoms with Crippen LogP contribution in [0.5, 0.6) is 0 Å². The number of carboxylic acid groups (broad SMARTS) is 1. The van der Waals surface area contributed by atoms with Crippen molar-refractivity contribution in [3.05, 3.63) is 63.0 Å². The summed E-state index contributed by atoms with van der Waals surface area (Å²) in [6.45, 7) is 1.94. The Morgan fingerprint density at radius 3 is 2.62 bits per heavy atom. The largest absolute Gasteiger partial charge is 0.618 e. The van der Waals surface area contributed by atoms with Crippen molar-refractivity contribution < 1.29 is 24.0 Å². The number of furan rings is 1. The number of rotatable bonds is 4. The quantitative estimate of drug-likeness (QED) is 0.340. The van der Waals surface area contributed by atoms with Crippen molar-refractivity contribution in [1.29, 1.82) is 0 Å². The Labute approximate surface area is 135 Å². The van der Waals surface area contributed by atoms with Gasteiger partial charge in [-0.1, -0.05) is 13.0 Å². The van der Waals surface area contributed by atoms with E-state index in [1.165, 1.54) is 24.3 Å². The molecule has 0 bridgehead atoms. The van der Waals surface area contributed by atoms with E-state index in [0.29, 0.717) is 22.1 Å². The van der Waals surface area contributed by atoms with E-state index in [0.717, 1.165) is 5.56 Å². The maximum absolute atomic E-state index is 12.3. The SMILES string of the molecule is CCc1ccc2c(c1)c(-c1ccc([N+](=O)[O-])o1)cc(C(=O)O)[n+]2[O-]. The zero-order valence-electron chi connectivity index (χ0n) is 12.6. The molecule has 0 aliphatic rings. The number of hydrogen-bond donors (Lipinski definition) is 1. The lowest BCUT2D eigenvalue weighted by molar-refractivity contribution is -0.580. The van der Waals surface area contributed by atoms with Crippen molar-refractivity contribution in [2.24, 2.45) is 0 Å². The zero-order chi connectivity index (χ0) is 17.4. The summed E-state index contributed by atoms with van der Waals surface area (Å²) in [6, 6.07) is 8.75. The van der Waals surface area contributed by atoms with Gasteiger partial charge in [0.2, 0.25) is 5.52 Å². The maximum atomic E-state index is 12.3. The van der Waals surface area contributed by atoms with Gasteiger partial charge in [-0.3, -0.25) is 10.1 Å². The predicted molar refractivity (Wildman–Crippen MR) is 83.6 cm³/mol. The van der Waals surface area contributed by atoms with E-state index in [9.17, 15) is 25.2 Å². The van der Waals surface area contributed by atoms with Crippen molar-refractivity contribution in [2.75, 3.05) is 0 Å². The molecular formula is C16H12N2O6. The monoisotopic (exact) mass is 328 g/mol. The molecule has 2 aromatic heterocycles. The molecule has 0 aliphatic heterocycles. The smallest absolute Gasteiger partial charge is 0.433 e. The third-order valence-corrected chi connectivity index (χ3v) is 3.73. The number of aromatic nitrogens is 1. The van der Waals surface area contributed by atoms with E-state index in [-0.39, 0.29) is 11.3 Å². The molecule has 8 nitrogen and oxygen atoms in total. The molecule has 0 radical (unpaired) electrons. The van der Waals surface area contributed by atoms with Crippen LogP contribution in [0, 0.1) is 15.3 Å². The highest BCUT2D eigenvalue weighted by Gasteiger charge is 2.24. The van der Waals surface area contributed by atoms with E-state index in [1.807, 2.05) is 6.92 Å². The number of pyridine rings is 1. The first-order valence-corrected chi connectivity index (χ1v) is 7.09. The number of aryl methyl sites for hydroxylation is 1. The molecule has 0 saturated heterocycles. The molecule has 3 rings (SSSR count). The van der Waals surface area contributed by atoms with Gasteiger partial charge in [0.25, 0.3) is 0 Å². The highest BCUT2D eigenvalue weighted by Crippen LogP contribution is 2.32. The first-order valence-electron chi connectivity index (χ1n) is 7.09. The first kappa shape index (κ1) is 15.5. The average Bonchev–Trinajstić information content (AvgIpc) is 3.04. The van der Waals surface area contributed by atoms with Gasteiger partial charge in [0.15, 0.2) is 0 Å². The van der Waals surface area contributed by atoms with Crippen molar-refractivity contribution in [2.45, 2.75) is 13.3 Å². The van der Waals surface area contributed by atoms with Gasteiger partial charge in [-0.05, 0) is 24.1 Å². The third-order valence-electron chi connectivity index (χ3n) is 3.73. The Kier molecular flexibility index (Phi) is 3.64. The van der Waals surface area contributed by atoms with Crippen LogP contribution in [0.3, 0.4) is 0 Å². The second-order valence-electron chi connectivity index (χ2n) is 5.14. The second kappa shape index (κ2) is 5.65. The topological polar surface area (TPSA) is 121 Å². The van der Waals surface area contributed by atoms with E-state index < -0.39 is 22.5 Å². The summed E-state index contributed by atoms with van der Waals surface area (Å²) in [4.78, 5) is 21.4. The molecule has 1 N–H and O–H groups in total. The molecule has 24 heavy (non-hydrogen) atoms. The van der Waals surface area contributed by atoms with Crippen LogP contribution in [0.1, 0.15) is 23.0 Å². The number of carbonyl (C=O) groups is 1. The molecular weight excluding hydrogens is 316 g/mol. The van der Waals surface area contributed by atoms with Gasteiger partial charge in [0.1, 0.15) is 10.7 Å². The molecule has 0 amide bonds. The van der Waals surface area contributed by atoms with Gasteiger partial charge in [0, 0.05) is 17.7 Å². The molecule has 0 saturated carbocycles. The molecule has 122 valence electrons. The number of fused-ring (bicyclic) bond motifs is 1. The second-order valence-corrected chi connectivity index (χ2v) is 5.14. The molecule has 1 aromatic carbocycles. The van der Waals surface area contributed by atoms with Crippen LogP contribution in [0.15, 0.2) is 40.8 Å².